The highest BCUT2D eigenvalue weighted by Crippen LogP contribution is 2.42. The van der Waals surface area contributed by atoms with Crippen molar-refractivity contribution in [2.75, 3.05) is 26.2 Å². The fourth-order valence-corrected chi connectivity index (χ4v) is 3.53. The highest BCUT2D eigenvalue weighted by atomic mass is 32.2. The molecule has 2 heterocycles. The minimum Gasteiger partial charge on any atom is -0.467 e. The number of hydrogen-bond donors (Lipinski definition) is 1. The number of thioether (sulfide) groups is 1. The molecule has 0 amide bonds. The third-order valence-electron chi connectivity index (χ3n) is 3.77. The quantitative estimate of drug-likeness (QED) is 0.854. The predicted octanol–water partition coefficient (Wildman–Crippen LogP) is 3.89. The Labute approximate surface area is 136 Å². The summed E-state index contributed by atoms with van der Waals surface area (Å²) in [6, 6.07) is 9.96. The van der Waals surface area contributed by atoms with E-state index in [2.05, 4.69) is 10.2 Å². The molecule has 7 heteroatoms. The lowest BCUT2D eigenvalue weighted by Gasteiger charge is -2.34. The van der Waals surface area contributed by atoms with E-state index >= 15 is 0 Å². The number of nitrogens with one attached hydrogen (secondary N) is 1. The van der Waals surface area contributed by atoms with Gasteiger partial charge in [-0.2, -0.15) is 13.2 Å². The smallest absolute Gasteiger partial charge is 0.446 e. The molecule has 2 aromatic rings. The highest BCUT2D eigenvalue weighted by Gasteiger charge is 2.34. The van der Waals surface area contributed by atoms with Gasteiger partial charge < -0.3 is 9.73 Å². The Kier molecular flexibility index (Phi) is 4.99. The molecule has 1 saturated heterocycles. The van der Waals surface area contributed by atoms with Crippen molar-refractivity contribution in [3.8, 4) is 0 Å². The second-order valence-corrected chi connectivity index (χ2v) is 6.40. The zero-order chi connectivity index (χ0) is 16.3. The number of rotatable bonds is 4. The van der Waals surface area contributed by atoms with Crippen molar-refractivity contribution in [2.24, 2.45) is 0 Å². The Morgan fingerprint density at radius 2 is 1.83 bits per heavy atom. The van der Waals surface area contributed by atoms with E-state index in [1.165, 1.54) is 6.07 Å². The Morgan fingerprint density at radius 1 is 1.09 bits per heavy atom. The van der Waals surface area contributed by atoms with Crippen molar-refractivity contribution in [3.05, 3.63) is 54.0 Å². The number of benzene rings is 1. The summed E-state index contributed by atoms with van der Waals surface area (Å²) >= 11 is -0.0670. The van der Waals surface area contributed by atoms with Gasteiger partial charge in [-0.25, -0.2) is 0 Å². The minimum atomic E-state index is -4.31. The Morgan fingerprint density at radius 3 is 2.48 bits per heavy atom. The molecular weight excluding hydrogens is 325 g/mol. The normalized spacial score (nSPS) is 18.0. The number of furan rings is 1. The van der Waals surface area contributed by atoms with Crippen molar-refractivity contribution in [1.82, 2.24) is 10.2 Å². The van der Waals surface area contributed by atoms with Crippen LogP contribution >= 0.6 is 11.8 Å². The lowest BCUT2D eigenvalue weighted by Crippen LogP contribution is -2.45. The third kappa shape index (κ3) is 4.10. The SMILES string of the molecule is FC(F)(F)Sc1ccccc1[C@@H](c1ccco1)N1CCNCC1. The van der Waals surface area contributed by atoms with Gasteiger partial charge in [-0.05, 0) is 35.5 Å². The van der Waals surface area contributed by atoms with Crippen LogP contribution in [0, 0.1) is 0 Å². The van der Waals surface area contributed by atoms with Crippen LogP contribution in [-0.4, -0.2) is 36.6 Å². The van der Waals surface area contributed by atoms with Gasteiger partial charge in [-0.3, -0.25) is 4.90 Å². The highest BCUT2D eigenvalue weighted by molar-refractivity contribution is 8.00. The molecule has 1 aromatic carbocycles. The molecule has 23 heavy (non-hydrogen) atoms. The molecule has 1 fully saturated rings. The van der Waals surface area contributed by atoms with Gasteiger partial charge in [-0.1, -0.05) is 18.2 Å². The number of nitrogens with zero attached hydrogens (tertiary/aromatic N) is 1. The summed E-state index contributed by atoms with van der Waals surface area (Å²) in [5, 5.41) is 3.26. The van der Waals surface area contributed by atoms with E-state index in [-0.39, 0.29) is 22.7 Å². The fraction of sp³-hybridized carbons (Fsp3) is 0.375. The zero-order valence-electron chi connectivity index (χ0n) is 12.3. The second kappa shape index (κ2) is 6.98. The van der Waals surface area contributed by atoms with Crippen LogP contribution in [0.4, 0.5) is 13.2 Å². The van der Waals surface area contributed by atoms with Crippen LogP contribution < -0.4 is 5.32 Å². The Balaban J connectivity index is 2.00. The second-order valence-electron chi connectivity index (χ2n) is 5.29. The van der Waals surface area contributed by atoms with E-state index in [0.29, 0.717) is 11.3 Å². The maximum absolute atomic E-state index is 12.9. The summed E-state index contributed by atoms with van der Waals surface area (Å²) < 4.78 is 44.2. The van der Waals surface area contributed by atoms with Crippen molar-refractivity contribution < 1.29 is 17.6 Å². The molecule has 1 N–H and O–H groups in total. The Bertz CT molecular complexity index is 625. The Hall–Kier alpha value is -1.44. The molecule has 1 aliphatic heterocycles. The van der Waals surface area contributed by atoms with Crippen LogP contribution in [0.3, 0.4) is 0 Å². The molecule has 3 rings (SSSR count). The van der Waals surface area contributed by atoms with Gasteiger partial charge in [0.05, 0.1) is 12.3 Å². The van der Waals surface area contributed by atoms with Gasteiger partial charge in [0.2, 0.25) is 0 Å². The first-order valence-corrected chi connectivity index (χ1v) is 8.19. The predicted molar refractivity (Wildman–Crippen MR) is 83.3 cm³/mol. The monoisotopic (exact) mass is 342 g/mol. The summed E-state index contributed by atoms with van der Waals surface area (Å²) in [6.07, 6.45) is 1.56. The van der Waals surface area contributed by atoms with Crippen molar-refractivity contribution in [2.45, 2.75) is 16.4 Å². The topological polar surface area (TPSA) is 28.4 Å². The van der Waals surface area contributed by atoms with Gasteiger partial charge in [0.15, 0.2) is 0 Å². The maximum Gasteiger partial charge on any atom is 0.446 e. The average molecular weight is 342 g/mol. The molecular formula is C16H17F3N2OS. The lowest BCUT2D eigenvalue weighted by atomic mass is 10.0. The van der Waals surface area contributed by atoms with Crippen LogP contribution in [0.15, 0.2) is 52.0 Å². The molecule has 0 bridgehead atoms. The van der Waals surface area contributed by atoms with Crippen molar-refractivity contribution in [1.29, 1.82) is 0 Å². The maximum atomic E-state index is 12.9. The zero-order valence-corrected chi connectivity index (χ0v) is 13.2. The number of piperazine rings is 1. The van der Waals surface area contributed by atoms with E-state index < -0.39 is 5.51 Å². The molecule has 3 nitrogen and oxygen atoms in total. The van der Waals surface area contributed by atoms with Crippen LogP contribution in [0.5, 0.6) is 0 Å². The van der Waals surface area contributed by atoms with E-state index in [1.807, 2.05) is 6.07 Å². The largest absolute Gasteiger partial charge is 0.467 e. The van der Waals surface area contributed by atoms with Gasteiger partial charge in [0.1, 0.15) is 5.76 Å². The average Bonchev–Trinajstić information content (AvgIpc) is 3.03. The van der Waals surface area contributed by atoms with Gasteiger partial charge >= 0.3 is 5.51 Å². The van der Waals surface area contributed by atoms with Crippen LogP contribution in [0.25, 0.3) is 0 Å². The van der Waals surface area contributed by atoms with Crippen LogP contribution in [0.2, 0.25) is 0 Å². The van der Waals surface area contributed by atoms with E-state index in [0.717, 1.165) is 26.2 Å². The van der Waals surface area contributed by atoms with Gasteiger partial charge in [-0.15, -0.1) is 0 Å². The van der Waals surface area contributed by atoms with Gasteiger partial charge in [0, 0.05) is 31.1 Å². The fourth-order valence-electron chi connectivity index (χ4n) is 2.84. The van der Waals surface area contributed by atoms with E-state index in [1.54, 1.807) is 30.5 Å². The molecule has 0 unspecified atom stereocenters. The molecule has 0 saturated carbocycles. The van der Waals surface area contributed by atoms with Crippen LogP contribution in [0.1, 0.15) is 17.4 Å². The summed E-state index contributed by atoms with van der Waals surface area (Å²) in [7, 11) is 0. The molecule has 0 spiro atoms. The summed E-state index contributed by atoms with van der Waals surface area (Å²) in [4.78, 5) is 2.38. The van der Waals surface area contributed by atoms with E-state index in [9.17, 15) is 13.2 Å². The van der Waals surface area contributed by atoms with Crippen molar-refractivity contribution in [3.63, 3.8) is 0 Å². The summed E-state index contributed by atoms with van der Waals surface area (Å²) in [5.74, 6) is 0.669. The first-order valence-electron chi connectivity index (χ1n) is 7.37. The van der Waals surface area contributed by atoms with Gasteiger partial charge in [0.25, 0.3) is 0 Å². The van der Waals surface area contributed by atoms with Crippen LogP contribution in [-0.2, 0) is 0 Å². The first kappa shape index (κ1) is 16.4. The third-order valence-corrected chi connectivity index (χ3v) is 4.59. The molecule has 0 aliphatic carbocycles. The number of hydrogen-bond acceptors (Lipinski definition) is 4. The molecule has 1 atom stereocenters. The summed E-state index contributed by atoms with van der Waals surface area (Å²) in [6.45, 7) is 3.14. The number of halogens is 3. The van der Waals surface area contributed by atoms with E-state index in [4.69, 9.17) is 4.42 Å². The lowest BCUT2D eigenvalue weighted by molar-refractivity contribution is -0.0328. The summed E-state index contributed by atoms with van der Waals surface area (Å²) in [5.41, 5.74) is -3.68. The first-order chi connectivity index (χ1) is 11.0. The number of alkyl halides is 3. The molecule has 124 valence electrons. The van der Waals surface area contributed by atoms with Crippen molar-refractivity contribution >= 4 is 11.8 Å². The minimum absolute atomic E-state index is 0.0670. The molecule has 1 aliphatic rings. The molecule has 1 aromatic heterocycles. The standard InChI is InChI=1S/C16H17F3N2OS/c17-16(18,19)23-14-6-2-1-4-12(14)15(13-5-3-11-22-13)21-9-7-20-8-10-21/h1-6,11,15,20H,7-10H2/t15-/m0/s1. The molecule has 0 radical (unpaired) electrons.